The number of hydrogen-bond donors (Lipinski definition) is 0. The second kappa shape index (κ2) is 21.2. The molecule has 2 saturated carbocycles. The summed E-state index contributed by atoms with van der Waals surface area (Å²) >= 11 is 0. The molecule has 2 heteroatoms. The van der Waals surface area contributed by atoms with Gasteiger partial charge in [-0.2, -0.15) is 0 Å². The van der Waals surface area contributed by atoms with Crippen molar-refractivity contribution in [2.45, 2.75) is 282 Å². The van der Waals surface area contributed by atoms with Gasteiger partial charge < -0.3 is 4.57 Å². The van der Waals surface area contributed by atoms with Crippen LogP contribution in [-0.2, 0) is 16.2 Å². The Labute approximate surface area is 398 Å². The van der Waals surface area contributed by atoms with Crippen LogP contribution in [0.5, 0.6) is 0 Å². The molecule has 2 fully saturated rings. The molecule has 1 nitrogen and oxygen atoms in total. The van der Waals surface area contributed by atoms with E-state index in [1.54, 1.807) is 39.0 Å². The first-order valence-electron chi connectivity index (χ1n) is 28.1. The monoisotopic (exact) mass is 886 g/mol. The summed E-state index contributed by atoms with van der Waals surface area (Å²) in [6.07, 6.45) is 42.0. The number of unbranched alkanes of at least 4 members (excludes halogenated alkanes) is 14. The van der Waals surface area contributed by atoms with Gasteiger partial charge in [-0.1, -0.05) is 231 Å². The molecule has 2 aromatic carbocycles. The maximum Gasteiger partial charge on any atom is 0.126 e. The summed E-state index contributed by atoms with van der Waals surface area (Å²) in [6.45, 7) is 28.4. The smallest absolute Gasteiger partial charge is 0.126 e. The van der Waals surface area contributed by atoms with Gasteiger partial charge in [-0.05, 0) is 139 Å². The summed E-state index contributed by atoms with van der Waals surface area (Å²) in [6, 6.07) is 18.4. The highest BCUT2D eigenvalue weighted by molar-refractivity contribution is 6.76. The number of hydrogen-bond acceptors (Lipinski definition) is 1. The van der Waals surface area contributed by atoms with Crippen molar-refractivity contribution in [1.29, 1.82) is 0 Å². The third-order valence-corrected chi connectivity index (χ3v) is 23.2. The number of benzene rings is 2. The number of fused-ring (bicyclic) bond motifs is 5. The van der Waals surface area contributed by atoms with E-state index in [1.165, 1.54) is 167 Å². The van der Waals surface area contributed by atoms with E-state index in [2.05, 4.69) is 135 Å². The summed E-state index contributed by atoms with van der Waals surface area (Å²) in [5, 5.41) is 0. The first-order chi connectivity index (χ1) is 30.6. The van der Waals surface area contributed by atoms with Crippen LogP contribution in [-0.4, -0.2) is 24.4 Å². The van der Waals surface area contributed by atoms with E-state index in [0.29, 0.717) is 17.8 Å². The molecule has 0 saturated heterocycles. The van der Waals surface area contributed by atoms with Gasteiger partial charge in [-0.3, -0.25) is 0 Å². The molecular weight excluding hydrogens is 787 g/mol. The third kappa shape index (κ3) is 10.5. The normalized spacial score (nSPS) is 24.8. The van der Waals surface area contributed by atoms with Gasteiger partial charge in [0.15, 0.2) is 0 Å². The van der Waals surface area contributed by atoms with Crippen molar-refractivity contribution in [2.24, 2.45) is 11.8 Å². The zero-order chi connectivity index (χ0) is 45.8. The molecular formula is C62H99NSi. The van der Waals surface area contributed by atoms with Crippen molar-refractivity contribution in [2.75, 3.05) is 0 Å². The summed E-state index contributed by atoms with van der Waals surface area (Å²) in [5.41, 5.74) is 13.3. The summed E-state index contributed by atoms with van der Waals surface area (Å²) < 4.78 is 3.21. The van der Waals surface area contributed by atoms with Crippen molar-refractivity contribution < 1.29 is 0 Å². The SMILES string of the molecule is CCCCCCCCCCC1(CCCCCCCCCC)C2=CC3C(c4ccccc4)CC([Si](C)(C)N(C4CCCCC4)C(C)(C)C)C3C=C2c2cc3c(cc21)C(C)(C)CCC3(C)C. The molecule has 0 spiro atoms. The van der Waals surface area contributed by atoms with Gasteiger partial charge in [-0.25, -0.2) is 0 Å². The van der Waals surface area contributed by atoms with Crippen LogP contribution < -0.4 is 0 Å². The second-order valence-corrected chi connectivity index (χ2v) is 29.9. The highest BCUT2D eigenvalue weighted by atomic mass is 28.3. The average Bonchev–Trinajstić information content (AvgIpc) is 3.77. The van der Waals surface area contributed by atoms with E-state index < -0.39 is 8.24 Å². The third-order valence-electron chi connectivity index (χ3n) is 18.5. The fourth-order valence-corrected chi connectivity index (χ4v) is 20.6. The predicted molar refractivity (Wildman–Crippen MR) is 284 cm³/mol. The molecule has 0 aromatic heterocycles. The Morgan fingerprint density at radius 2 is 1.12 bits per heavy atom. The highest BCUT2D eigenvalue weighted by Crippen LogP contribution is 2.65. The number of nitrogens with zero attached hydrogens (tertiary/aromatic N) is 1. The van der Waals surface area contributed by atoms with Gasteiger partial charge in [0.2, 0.25) is 0 Å². The lowest BCUT2D eigenvalue weighted by atomic mass is 9.61. The molecule has 2 aromatic rings. The summed E-state index contributed by atoms with van der Waals surface area (Å²) in [4.78, 5) is 0. The maximum absolute atomic E-state index is 3.21. The van der Waals surface area contributed by atoms with Crippen LogP contribution in [0.4, 0.5) is 0 Å². The van der Waals surface area contributed by atoms with E-state index in [0.717, 1.165) is 11.6 Å². The van der Waals surface area contributed by atoms with E-state index in [9.17, 15) is 0 Å². The largest absolute Gasteiger partial charge is 0.316 e. The Hall–Kier alpha value is -1.90. The highest BCUT2D eigenvalue weighted by Gasteiger charge is 2.57. The topological polar surface area (TPSA) is 3.24 Å². The quantitative estimate of drug-likeness (QED) is 0.0841. The fraction of sp³-hybridized carbons (Fsp3) is 0.742. The van der Waals surface area contributed by atoms with Gasteiger partial charge in [0.05, 0.1) is 0 Å². The molecule has 0 bridgehead atoms. The van der Waals surface area contributed by atoms with Crippen molar-refractivity contribution in [3.05, 3.63) is 88.0 Å². The molecule has 64 heavy (non-hydrogen) atoms. The molecule has 0 aliphatic heterocycles. The molecule has 356 valence electrons. The maximum atomic E-state index is 3.21. The Morgan fingerprint density at radius 1 is 0.609 bits per heavy atom. The molecule has 0 amide bonds. The molecule has 5 aliphatic rings. The summed E-state index contributed by atoms with van der Waals surface area (Å²) in [7, 11) is -1.97. The number of allylic oxidation sites excluding steroid dienone is 4. The minimum absolute atomic E-state index is 0.120. The minimum atomic E-state index is -1.97. The first-order valence-corrected chi connectivity index (χ1v) is 31.1. The van der Waals surface area contributed by atoms with Crippen LogP contribution in [0, 0.1) is 11.8 Å². The second-order valence-electron chi connectivity index (χ2n) is 25.4. The molecule has 5 aliphatic carbocycles. The summed E-state index contributed by atoms with van der Waals surface area (Å²) in [5.74, 6) is 1.74. The molecule has 4 atom stereocenters. The number of rotatable bonds is 22. The Bertz CT molecular complexity index is 1840. The van der Waals surface area contributed by atoms with Crippen molar-refractivity contribution >= 4 is 13.8 Å². The van der Waals surface area contributed by atoms with Crippen molar-refractivity contribution in [1.82, 2.24) is 4.57 Å². The van der Waals surface area contributed by atoms with Crippen LogP contribution >= 0.6 is 0 Å². The lowest BCUT2D eigenvalue weighted by Gasteiger charge is -2.55. The molecule has 0 N–H and O–H groups in total. The zero-order valence-electron chi connectivity index (χ0n) is 43.9. The van der Waals surface area contributed by atoms with Crippen LogP contribution in [0.1, 0.15) is 263 Å². The van der Waals surface area contributed by atoms with Crippen molar-refractivity contribution in [3.63, 3.8) is 0 Å². The van der Waals surface area contributed by atoms with E-state index >= 15 is 0 Å². The van der Waals surface area contributed by atoms with E-state index in [-0.39, 0.29) is 21.8 Å². The van der Waals surface area contributed by atoms with Crippen LogP contribution in [0.25, 0.3) is 5.57 Å². The van der Waals surface area contributed by atoms with Gasteiger partial charge in [-0.15, -0.1) is 0 Å². The van der Waals surface area contributed by atoms with Gasteiger partial charge in [0, 0.05) is 17.0 Å². The lowest BCUT2D eigenvalue weighted by molar-refractivity contribution is 0.140. The predicted octanol–water partition coefficient (Wildman–Crippen LogP) is 19.1. The molecule has 4 unspecified atom stereocenters. The van der Waals surface area contributed by atoms with Crippen LogP contribution in [0.15, 0.2) is 60.2 Å². The standard InChI is InChI=1S/C62H99NSi/c1-12-14-16-18-20-22-24-32-38-62(39-33-25-23-21-19-17-15-13-2)54-43-50-49(47-34-28-26-29-35-47)45-58(64(10,11)63(59(3,4)5)48-36-30-27-31-37-48)53(50)42-51(54)52-44-56-57(46-55(52)62)61(8,9)41-40-60(56,6)7/h26,28-29,34-35,42-44,46,48-50,53,58H,12-25,27,30-33,36-41,45H2,1-11H3. The van der Waals surface area contributed by atoms with E-state index in [1.807, 2.05) is 0 Å². The Morgan fingerprint density at radius 3 is 1.66 bits per heavy atom. The molecule has 0 radical (unpaired) electrons. The van der Waals surface area contributed by atoms with Gasteiger partial charge >= 0.3 is 0 Å². The zero-order valence-corrected chi connectivity index (χ0v) is 44.9. The van der Waals surface area contributed by atoms with Crippen molar-refractivity contribution in [3.8, 4) is 0 Å². The lowest BCUT2D eigenvalue weighted by Crippen LogP contribution is -2.64. The van der Waals surface area contributed by atoms with Gasteiger partial charge in [0.25, 0.3) is 0 Å². The Kier molecular flexibility index (Phi) is 16.5. The van der Waals surface area contributed by atoms with Gasteiger partial charge in [0.1, 0.15) is 8.24 Å². The first kappa shape index (κ1) is 50.0. The Balaban J connectivity index is 1.35. The molecule has 7 rings (SSSR count). The molecule has 0 heterocycles. The average molecular weight is 887 g/mol. The van der Waals surface area contributed by atoms with Crippen LogP contribution in [0.2, 0.25) is 18.6 Å². The fourth-order valence-electron chi connectivity index (χ4n) is 15.2. The van der Waals surface area contributed by atoms with E-state index in [4.69, 9.17) is 0 Å². The van der Waals surface area contributed by atoms with Crippen LogP contribution in [0.3, 0.4) is 0 Å². The minimum Gasteiger partial charge on any atom is -0.316 e.